The van der Waals surface area contributed by atoms with Crippen LogP contribution in [0.4, 0.5) is 5.82 Å². The molecular weight excluding hydrogens is 310 g/mol. The Bertz CT molecular complexity index is 897. The second-order valence-corrected chi connectivity index (χ2v) is 7.09. The number of hydrogen-bond donors (Lipinski definition) is 0. The van der Waals surface area contributed by atoms with E-state index in [1.807, 2.05) is 24.5 Å². The molecule has 0 spiro atoms. The van der Waals surface area contributed by atoms with E-state index in [0.29, 0.717) is 11.8 Å². The summed E-state index contributed by atoms with van der Waals surface area (Å²) < 4.78 is 0. The van der Waals surface area contributed by atoms with Gasteiger partial charge in [0.15, 0.2) is 5.65 Å². The second kappa shape index (κ2) is 6.06. The van der Waals surface area contributed by atoms with Crippen LogP contribution in [0.5, 0.6) is 0 Å². The molecule has 25 heavy (non-hydrogen) atoms. The number of rotatable bonds is 3. The van der Waals surface area contributed by atoms with Crippen LogP contribution in [0.1, 0.15) is 49.0 Å². The van der Waals surface area contributed by atoms with E-state index < -0.39 is 0 Å². The van der Waals surface area contributed by atoms with Crippen LogP contribution in [0.15, 0.2) is 42.7 Å². The number of anilines is 1. The van der Waals surface area contributed by atoms with Crippen molar-refractivity contribution in [1.82, 2.24) is 19.9 Å². The van der Waals surface area contributed by atoms with Crippen LogP contribution in [-0.2, 0) is 0 Å². The lowest BCUT2D eigenvalue weighted by Crippen LogP contribution is -2.33. The zero-order valence-electron chi connectivity index (χ0n) is 14.2. The fraction of sp³-hybridized carbons (Fsp3) is 0.400. The van der Waals surface area contributed by atoms with Gasteiger partial charge in [-0.3, -0.25) is 0 Å². The molecule has 5 heteroatoms. The molecule has 1 aliphatic carbocycles. The van der Waals surface area contributed by atoms with Gasteiger partial charge in [-0.05, 0) is 56.0 Å². The number of nitrogens with zero attached hydrogens (tertiary/aromatic N) is 5. The topological polar surface area (TPSA) is 54.8 Å². The Kier molecular flexibility index (Phi) is 3.58. The van der Waals surface area contributed by atoms with Crippen LogP contribution >= 0.6 is 0 Å². The van der Waals surface area contributed by atoms with Gasteiger partial charge >= 0.3 is 0 Å². The molecule has 0 unspecified atom stereocenters. The Morgan fingerprint density at radius 2 is 1.68 bits per heavy atom. The van der Waals surface area contributed by atoms with Crippen molar-refractivity contribution in [3.05, 3.63) is 54.2 Å². The van der Waals surface area contributed by atoms with Crippen molar-refractivity contribution in [3.63, 3.8) is 0 Å². The number of pyridine rings is 2. The molecule has 0 N–H and O–H groups in total. The van der Waals surface area contributed by atoms with E-state index in [1.54, 1.807) is 0 Å². The minimum Gasteiger partial charge on any atom is -0.356 e. The maximum Gasteiger partial charge on any atom is 0.159 e. The van der Waals surface area contributed by atoms with Gasteiger partial charge < -0.3 is 4.90 Å². The molecule has 0 bridgehead atoms. The smallest absolute Gasteiger partial charge is 0.159 e. The van der Waals surface area contributed by atoms with Crippen molar-refractivity contribution in [2.45, 2.75) is 37.5 Å². The largest absolute Gasteiger partial charge is 0.356 e. The van der Waals surface area contributed by atoms with Crippen molar-refractivity contribution >= 4 is 16.9 Å². The molecule has 2 fully saturated rings. The highest BCUT2D eigenvalue weighted by molar-refractivity contribution is 5.74. The first-order valence-corrected chi connectivity index (χ1v) is 9.16. The molecular formula is C20H21N5. The minimum atomic E-state index is 0.507. The molecule has 2 aliphatic rings. The summed E-state index contributed by atoms with van der Waals surface area (Å²) in [6, 6.07) is 10.4. The Balaban J connectivity index is 1.31. The summed E-state index contributed by atoms with van der Waals surface area (Å²) in [6.07, 6.45) is 8.43. The summed E-state index contributed by atoms with van der Waals surface area (Å²) in [6.45, 7) is 2.04. The number of fused-ring (bicyclic) bond motifs is 1. The highest BCUT2D eigenvalue weighted by Crippen LogP contribution is 2.38. The van der Waals surface area contributed by atoms with Gasteiger partial charge in [0.2, 0.25) is 0 Å². The fourth-order valence-electron chi connectivity index (χ4n) is 3.68. The quantitative estimate of drug-likeness (QED) is 0.733. The first-order chi connectivity index (χ1) is 12.4. The Morgan fingerprint density at radius 3 is 2.52 bits per heavy atom. The molecule has 3 aromatic heterocycles. The molecule has 1 saturated heterocycles. The molecule has 5 nitrogen and oxygen atoms in total. The summed E-state index contributed by atoms with van der Waals surface area (Å²) in [5, 5.41) is 1.11. The monoisotopic (exact) mass is 331 g/mol. The first kappa shape index (κ1) is 14.8. The van der Waals surface area contributed by atoms with Gasteiger partial charge in [-0.15, -0.1) is 0 Å². The maximum absolute atomic E-state index is 4.79. The van der Waals surface area contributed by atoms with E-state index in [2.05, 4.69) is 33.1 Å². The molecule has 1 aliphatic heterocycles. The van der Waals surface area contributed by atoms with Gasteiger partial charge in [0, 0.05) is 48.4 Å². The minimum absolute atomic E-state index is 0.507. The van der Waals surface area contributed by atoms with Crippen molar-refractivity contribution in [2.24, 2.45) is 0 Å². The van der Waals surface area contributed by atoms with Gasteiger partial charge in [-0.25, -0.2) is 19.9 Å². The molecule has 4 heterocycles. The highest BCUT2D eigenvalue weighted by atomic mass is 15.2. The summed E-state index contributed by atoms with van der Waals surface area (Å²) in [7, 11) is 0. The van der Waals surface area contributed by atoms with Crippen LogP contribution in [0.25, 0.3) is 11.0 Å². The average Bonchev–Trinajstić information content (AvgIpc) is 3.53. The molecule has 0 amide bonds. The zero-order chi connectivity index (χ0) is 16.6. The van der Waals surface area contributed by atoms with E-state index in [0.717, 1.165) is 48.6 Å². The van der Waals surface area contributed by atoms with Gasteiger partial charge in [0.1, 0.15) is 11.6 Å². The van der Waals surface area contributed by atoms with Gasteiger partial charge in [0.25, 0.3) is 0 Å². The molecule has 3 aromatic rings. The lowest BCUT2D eigenvalue weighted by Gasteiger charge is -2.32. The van der Waals surface area contributed by atoms with Crippen LogP contribution in [0, 0.1) is 0 Å². The van der Waals surface area contributed by atoms with Gasteiger partial charge in [-0.1, -0.05) is 0 Å². The lowest BCUT2D eigenvalue weighted by atomic mass is 9.93. The standard InChI is InChI=1S/C20H21N5/c1-2-15-5-6-17(23-19(15)21-10-1)14-8-12-25(13-9-14)18-7-11-22-20(24-18)16-3-4-16/h1-2,5-7,10-11,14,16H,3-4,8-9,12-13H2. The van der Waals surface area contributed by atoms with E-state index in [9.17, 15) is 0 Å². The van der Waals surface area contributed by atoms with Crippen molar-refractivity contribution < 1.29 is 0 Å². The van der Waals surface area contributed by atoms with Gasteiger partial charge in [-0.2, -0.15) is 0 Å². The SMILES string of the molecule is c1cnc2nc(C3CCN(c4ccnc(C5CC5)n4)CC3)ccc2c1. The molecule has 5 rings (SSSR count). The van der Waals surface area contributed by atoms with Crippen LogP contribution in [-0.4, -0.2) is 33.0 Å². The van der Waals surface area contributed by atoms with Crippen molar-refractivity contribution in [1.29, 1.82) is 0 Å². The van der Waals surface area contributed by atoms with E-state index >= 15 is 0 Å². The van der Waals surface area contributed by atoms with Crippen LogP contribution < -0.4 is 4.90 Å². The second-order valence-electron chi connectivity index (χ2n) is 7.09. The Hall–Kier alpha value is -2.56. The van der Waals surface area contributed by atoms with Crippen molar-refractivity contribution in [2.75, 3.05) is 18.0 Å². The van der Waals surface area contributed by atoms with Crippen molar-refractivity contribution in [3.8, 4) is 0 Å². The molecule has 0 radical (unpaired) electrons. The summed E-state index contributed by atoms with van der Waals surface area (Å²) in [5.74, 6) is 3.23. The summed E-state index contributed by atoms with van der Waals surface area (Å²) in [5.41, 5.74) is 2.03. The summed E-state index contributed by atoms with van der Waals surface area (Å²) >= 11 is 0. The normalized spacial score (nSPS) is 18.6. The Labute approximate surface area is 147 Å². The van der Waals surface area contributed by atoms with Crippen LogP contribution in [0.3, 0.4) is 0 Å². The third-order valence-electron chi connectivity index (χ3n) is 5.32. The average molecular weight is 331 g/mol. The zero-order valence-corrected chi connectivity index (χ0v) is 14.2. The molecule has 0 atom stereocenters. The maximum atomic E-state index is 4.79. The third kappa shape index (κ3) is 2.95. The number of hydrogen-bond acceptors (Lipinski definition) is 5. The first-order valence-electron chi connectivity index (χ1n) is 9.16. The van der Waals surface area contributed by atoms with E-state index in [4.69, 9.17) is 9.97 Å². The molecule has 1 saturated carbocycles. The molecule has 126 valence electrons. The third-order valence-corrected chi connectivity index (χ3v) is 5.32. The Morgan fingerprint density at radius 1 is 0.800 bits per heavy atom. The van der Waals surface area contributed by atoms with E-state index in [1.165, 1.54) is 18.5 Å². The molecule has 0 aromatic carbocycles. The van der Waals surface area contributed by atoms with E-state index in [-0.39, 0.29) is 0 Å². The van der Waals surface area contributed by atoms with Gasteiger partial charge in [0.05, 0.1) is 0 Å². The lowest BCUT2D eigenvalue weighted by molar-refractivity contribution is 0.494. The number of aromatic nitrogens is 4. The predicted octanol–water partition coefficient (Wildman–Crippen LogP) is 3.68. The van der Waals surface area contributed by atoms with Crippen LogP contribution in [0.2, 0.25) is 0 Å². The fourth-order valence-corrected chi connectivity index (χ4v) is 3.68. The number of piperidine rings is 1. The predicted molar refractivity (Wildman–Crippen MR) is 97.7 cm³/mol. The highest BCUT2D eigenvalue weighted by Gasteiger charge is 2.28. The summed E-state index contributed by atoms with van der Waals surface area (Å²) in [4.78, 5) is 20.8.